The maximum absolute atomic E-state index is 11.6. The van der Waals surface area contributed by atoms with Gasteiger partial charge in [-0.1, -0.05) is 18.2 Å². The zero-order chi connectivity index (χ0) is 9.80. The molecule has 74 valence electrons. The second kappa shape index (κ2) is 4.24. The first kappa shape index (κ1) is 9.21. The number of ether oxygens (including phenoxy) is 1. The SMILES string of the molecule is O=C(NC1CCCO1)c1ccccc1. The van der Waals surface area contributed by atoms with Crippen LogP contribution in [0, 0.1) is 0 Å². The first-order chi connectivity index (χ1) is 6.86. The van der Waals surface area contributed by atoms with Crippen LogP contribution in [0.1, 0.15) is 23.2 Å². The standard InChI is InChI=1S/C11H13NO2/c13-11(9-5-2-1-3-6-9)12-10-7-4-8-14-10/h1-3,5-6,10H,4,7-8H2,(H,12,13). The molecule has 0 aromatic heterocycles. The van der Waals surface area contributed by atoms with Gasteiger partial charge in [0.1, 0.15) is 6.23 Å². The van der Waals surface area contributed by atoms with Crippen molar-refractivity contribution in [2.24, 2.45) is 0 Å². The summed E-state index contributed by atoms with van der Waals surface area (Å²) in [6, 6.07) is 9.19. The lowest BCUT2D eigenvalue weighted by molar-refractivity contribution is 0.0640. The monoisotopic (exact) mass is 191 g/mol. The molecular formula is C11H13NO2. The van der Waals surface area contributed by atoms with Gasteiger partial charge in [0.15, 0.2) is 0 Å². The fourth-order valence-corrected chi connectivity index (χ4v) is 1.51. The molecular weight excluding hydrogens is 178 g/mol. The quantitative estimate of drug-likeness (QED) is 0.770. The van der Waals surface area contributed by atoms with E-state index in [2.05, 4.69) is 5.32 Å². The summed E-state index contributed by atoms with van der Waals surface area (Å²) in [6.45, 7) is 0.750. The van der Waals surface area contributed by atoms with Gasteiger partial charge in [0, 0.05) is 12.2 Å². The van der Waals surface area contributed by atoms with Gasteiger partial charge in [-0.2, -0.15) is 0 Å². The van der Waals surface area contributed by atoms with E-state index in [0.717, 1.165) is 19.4 Å². The van der Waals surface area contributed by atoms with Gasteiger partial charge in [0.2, 0.25) is 0 Å². The van der Waals surface area contributed by atoms with Crippen molar-refractivity contribution in [3.8, 4) is 0 Å². The van der Waals surface area contributed by atoms with Gasteiger partial charge in [-0.15, -0.1) is 0 Å². The molecule has 0 bridgehead atoms. The predicted molar refractivity (Wildman–Crippen MR) is 52.9 cm³/mol. The van der Waals surface area contributed by atoms with Crippen LogP contribution in [0.2, 0.25) is 0 Å². The molecule has 1 aliphatic rings. The van der Waals surface area contributed by atoms with Crippen molar-refractivity contribution in [1.29, 1.82) is 0 Å². The molecule has 1 aliphatic heterocycles. The average molecular weight is 191 g/mol. The number of rotatable bonds is 2. The summed E-state index contributed by atoms with van der Waals surface area (Å²) in [5.41, 5.74) is 0.683. The van der Waals surface area contributed by atoms with E-state index in [4.69, 9.17) is 4.74 Å². The highest BCUT2D eigenvalue weighted by Crippen LogP contribution is 2.10. The summed E-state index contributed by atoms with van der Waals surface area (Å²) < 4.78 is 5.31. The van der Waals surface area contributed by atoms with Gasteiger partial charge in [0.05, 0.1) is 0 Å². The lowest BCUT2D eigenvalue weighted by atomic mass is 10.2. The fraction of sp³-hybridized carbons (Fsp3) is 0.364. The zero-order valence-electron chi connectivity index (χ0n) is 7.90. The number of nitrogens with one attached hydrogen (secondary N) is 1. The third-order valence-corrected chi connectivity index (χ3v) is 2.26. The summed E-state index contributed by atoms with van der Waals surface area (Å²) in [5, 5.41) is 2.83. The second-order valence-electron chi connectivity index (χ2n) is 3.34. The number of carbonyl (C=O) groups excluding carboxylic acids is 1. The Kier molecular flexibility index (Phi) is 2.79. The van der Waals surface area contributed by atoms with E-state index in [1.54, 1.807) is 12.1 Å². The minimum absolute atomic E-state index is 0.0579. The van der Waals surface area contributed by atoms with Crippen molar-refractivity contribution in [1.82, 2.24) is 5.32 Å². The summed E-state index contributed by atoms with van der Waals surface area (Å²) >= 11 is 0. The molecule has 1 fully saturated rings. The van der Waals surface area contributed by atoms with Crippen molar-refractivity contribution in [3.63, 3.8) is 0 Å². The molecule has 3 heteroatoms. The molecule has 1 amide bonds. The highest BCUT2D eigenvalue weighted by molar-refractivity contribution is 5.94. The average Bonchev–Trinajstić information content (AvgIpc) is 2.72. The van der Waals surface area contributed by atoms with Gasteiger partial charge in [-0.25, -0.2) is 0 Å². The Labute approximate surface area is 83.1 Å². The lowest BCUT2D eigenvalue weighted by Crippen LogP contribution is -2.33. The first-order valence-corrected chi connectivity index (χ1v) is 4.84. The Balaban J connectivity index is 1.95. The number of benzene rings is 1. The second-order valence-corrected chi connectivity index (χ2v) is 3.34. The minimum Gasteiger partial charge on any atom is -0.359 e. The van der Waals surface area contributed by atoms with E-state index in [1.807, 2.05) is 18.2 Å². The third-order valence-electron chi connectivity index (χ3n) is 2.26. The lowest BCUT2D eigenvalue weighted by Gasteiger charge is -2.11. The number of hydrogen-bond acceptors (Lipinski definition) is 2. The van der Waals surface area contributed by atoms with Gasteiger partial charge < -0.3 is 10.1 Å². The summed E-state index contributed by atoms with van der Waals surface area (Å²) in [6.07, 6.45) is 1.85. The van der Waals surface area contributed by atoms with Crippen LogP contribution in [0.5, 0.6) is 0 Å². The van der Waals surface area contributed by atoms with Crippen LogP contribution in [-0.4, -0.2) is 18.7 Å². The maximum Gasteiger partial charge on any atom is 0.253 e. The first-order valence-electron chi connectivity index (χ1n) is 4.84. The topological polar surface area (TPSA) is 38.3 Å². The minimum atomic E-state index is -0.0947. The van der Waals surface area contributed by atoms with Gasteiger partial charge >= 0.3 is 0 Å². The van der Waals surface area contributed by atoms with Crippen LogP contribution in [0.4, 0.5) is 0 Å². The maximum atomic E-state index is 11.6. The normalized spacial score (nSPS) is 20.7. The summed E-state index contributed by atoms with van der Waals surface area (Å²) in [7, 11) is 0. The molecule has 0 spiro atoms. The fourth-order valence-electron chi connectivity index (χ4n) is 1.51. The molecule has 1 aromatic rings. The molecule has 1 unspecified atom stereocenters. The molecule has 1 N–H and O–H groups in total. The highest BCUT2D eigenvalue weighted by Gasteiger charge is 2.17. The number of carbonyl (C=O) groups is 1. The molecule has 0 aliphatic carbocycles. The Morgan fingerprint density at radius 3 is 2.79 bits per heavy atom. The molecule has 3 nitrogen and oxygen atoms in total. The van der Waals surface area contributed by atoms with Gasteiger partial charge in [-0.05, 0) is 25.0 Å². The van der Waals surface area contributed by atoms with Crippen LogP contribution >= 0.6 is 0 Å². The summed E-state index contributed by atoms with van der Waals surface area (Å²) in [5.74, 6) is -0.0579. The summed E-state index contributed by atoms with van der Waals surface area (Å²) in [4.78, 5) is 11.6. The molecule has 1 saturated heterocycles. The van der Waals surface area contributed by atoms with E-state index >= 15 is 0 Å². The zero-order valence-corrected chi connectivity index (χ0v) is 7.90. The molecule has 1 aromatic carbocycles. The van der Waals surface area contributed by atoms with E-state index in [0.29, 0.717) is 5.56 Å². The van der Waals surface area contributed by atoms with Crippen LogP contribution in [0.25, 0.3) is 0 Å². The third kappa shape index (κ3) is 2.12. The molecule has 1 heterocycles. The van der Waals surface area contributed by atoms with E-state index in [1.165, 1.54) is 0 Å². The molecule has 14 heavy (non-hydrogen) atoms. The molecule has 0 radical (unpaired) electrons. The predicted octanol–water partition coefficient (Wildman–Crippen LogP) is 1.55. The van der Waals surface area contributed by atoms with Crippen molar-refractivity contribution in [3.05, 3.63) is 35.9 Å². The van der Waals surface area contributed by atoms with Crippen molar-refractivity contribution >= 4 is 5.91 Å². The van der Waals surface area contributed by atoms with E-state index < -0.39 is 0 Å². The van der Waals surface area contributed by atoms with Crippen LogP contribution in [0.15, 0.2) is 30.3 Å². The van der Waals surface area contributed by atoms with Gasteiger partial charge in [-0.3, -0.25) is 4.79 Å². The van der Waals surface area contributed by atoms with Crippen LogP contribution in [0.3, 0.4) is 0 Å². The Hall–Kier alpha value is -1.35. The van der Waals surface area contributed by atoms with Crippen LogP contribution in [-0.2, 0) is 4.74 Å². The largest absolute Gasteiger partial charge is 0.359 e. The Bertz CT molecular complexity index is 304. The Morgan fingerprint density at radius 1 is 1.36 bits per heavy atom. The number of hydrogen-bond donors (Lipinski definition) is 1. The van der Waals surface area contributed by atoms with Crippen molar-refractivity contribution < 1.29 is 9.53 Å². The van der Waals surface area contributed by atoms with Gasteiger partial charge in [0.25, 0.3) is 5.91 Å². The van der Waals surface area contributed by atoms with E-state index in [9.17, 15) is 4.79 Å². The van der Waals surface area contributed by atoms with E-state index in [-0.39, 0.29) is 12.1 Å². The van der Waals surface area contributed by atoms with Crippen LogP contribution < -0.4 is 5.32 Å². The smallest absolute Gasteiger partial charge is 0.253 e. The van der Waals surface area contributed by atoms with Crippen molar-refractivity contribution in [2.75, 3.05) is 6.61 Å². The Morgan fingerprint density at radius 2 is 2.14 bits per heavy atom. The molecule has 1 atom stereocenters. The molecule has 0 saturated carbocycles. The number of amides is 1. The highest BCUT2D eigenvalue weighted by atomic mass is 16.5. The molecule has 2 rings (SSSR count). The van der Waals surface area contributed by atoms with Crippen molar-refractivity contribution in [2.45, 2.75) is 19.1 Å².